The van der Waals surface area contributed by atoms with E-state index in [1.807, 2.05) is 36.4 Å². The first-order chi connectivity index (χ1) is 7.97. The third-order valence-corrected chi connectivity index (χ3v) is 1.59. The van der Waals surface area contributed by atoms with E-state index in [9.17, 15) is 0 Å². The molecule has 0 aromatic carbocycles. The fourth-order valence-corrected chi connectivity index (χ4v) is 1.03. The summed E-state index contributed by atoms with van der Waals surface area (Å²) in [5, 5.41) is 0. The van der Waals surface area contributed by atoms with E-state index in [0.29, 0.717) is 0 Å². The molecule has 0 amide bonds. The van der Waals surface area contributed by atoms with Gasteiger partial charge < -0.3 is 14.6 Å². The van der Waals surface area contributed by atoms with Gasteiger partial charge in [0, 0.05) is 22.8 Å². The molecular formula is C10H8N2O5SV. The number of hydrogen-bond donors (Lipinski definition) is 0. The molecule has 2 heterocycles. The maximum atomic E-state index is 8.52. The molecule has 0 atom stereocenters. The summed E-state index contributed by atoms with van der Waals surface area (Å²) < 4.78 is 34.1. The second kappa shape index (κ2) is 9.62. The van der Waals surface area contributed by atoms with Crippen molar-refractivity contribution in [2.45, 2.75) is 0 Å². The molecule has 0 spiro atoms. The van der Waals surface area contributed by atoms with Crippen LogP contribution in [-0.4, -0.2) is 27.5 Å². The van der Waals surface area contributed by atoms with Gasteiger partial charge in [0.2, 0.25) is 0 Å². The SMILES string of the molecule is O=S(=O)([O-])[O-].[O-2].[V+4].c1ccc(-c2ccccn2)nc1. The molecule has 0 saturated heterocycles. The Bertz CT molecular complexity index is 505. The van der Waals surface area contributed by atoms with E-state index >= 15 is 0 Å². The summed E-state index contributed by atoms with van der Waals surface area (Å²) >= 11 is 0. The molecule has 0 unspecified atom stereocenters. The largest absolute Gasteiger partial charge is 4.00 e. The molecule has 0 aliphatic heterocycles. The minimum Gasteiger partial charge on any atom is -2.00 e. The van der Waals surface area contributed by atoms with E-state index in [0.717, 1.165) is 11.4 Å². The average Bonchev–Trinajstić information content (AvgIpc) is 2.29. The molecule has 2 aromatic heterocycles. The van der Waals surface area contributed by atoms with Crippen LogP contribution < -0.4 is 0 Å². The first-order valence-corrected chi connectivity index (χ1v) is 5.79. The quantitative estimate of drug-likeness (QED) is 0.560. The van der Waals surface area contributed by atoms with E-state index in [2.05, 4.69) is 9.97 Å². The van der Waals surface area contributed by atoms with Crippen molar-refractivity contribution in [2.75, 3.05) is 0 Å². The predicted octanol–water partition coefficient (Wildman–Crippen LogP) is 0.684. The summed E-state index contributed by atoms with van der Waals surface area (Å²) in [4.78, 5) is 8.37. The van der Waals surface area contributed by atoms with Crippen LogP contribution in [0, 0.1) is 0 Å². The van der Waals surface area contributed by atoms with Crippen LogP contribution in [0.5, 0.6) is 0 Å². The van der Waals surface area contributed by atoms with Gasteiger partial charge in [-0.25, -0.2) is 0 Å². The van der Waals surface area contributed by atoms with Gasteiger partial charge in [-0.3, -0.25) is 18.4 Å². The van der Waals surface area contributed by atoms with Gasteiger partial charge in [-0.05, 0) is 24.3 Å². The Morgan fingerprint density at radius 3 is 1.37 bits per heavy atom. The molecule has 1 radical (unpaired) electrons. The molecule has 2 rings (SSSR count). The first-order valence-electron chi connectivity index (χ1n) is 4.46. The van der Waals surface area contributed by atoms with Crippen molar-refractivity contribution < 1.29 is 41.6 Å². The standard InChI is InChI=1S/C10H8N2.H2O4S.O.V/c1-3-7-11-9(5-1)10-6-2-4-8-12-10;1-5(2,3)4;;/h1-8H;(H2,1,2,3,4);;/q;;-2;+4/p-2. The van der Waals surface area contributed by atoms with E-state index in [-0.39, 0.29) is 24.0 Å². The molecular weight excluding hydrogens is 311 g/mol. The summed E-state index contributed by atoms with van der Waals surface area (Å²) in [7, 11) is -5.17. The molecule has 0 bridgehead atoms. The number of pyridine rings is 2. The Morgan fingerprint density at radius 2 is 1.16 bits per heavy atom. The first kappa shape index (κ1) is 20.0. The second-order valence-electron chi connectivity index (χ2n) is 2.84. The summed E-state index contributed by atoms with van der Waals surface area (Å²) in [6.07, 6.45) is 3.54. The normalized spacial score (nSPS) is 9.16. The zero-order chi connectivity index (χ0) is 12.7. The number of hydrogen-bond acceptors (Lipinski definition) is 6. The summed E-state index contributed by atoms with van der Waals surface area (Å²) in [6.45, 7) is 0. The Hall–Kier alpha value is -1.29. The van der Waals surface area contributed by atoms with Crippen LogP contribution in [0.4, 0.5) is 0 Å². The minimum atomic E-state index is -5.17. The van der Waals surface area contributed by atoms with Crippen LogP contribution in [0.15, 0.2) is 48.8 Å². The van der Waals surface area contributed by atoms with Crippen molar-refractivity contribution in [3.05, 3.63) is 48.8 Å². The van der Waals surface area contributed by atoms with E-state index in [4.69, 9.17) is 17.5 Å². The molecule has 9 heteroatoms. The molecule has 99 valence electrons. The maximum Gasteiger partial charge on any atom is 4.00 e. The monoisotopic (exact) mass is 319 g/mol. The number of rotatable bonds is 1. The fourth-order valence-electron chi connectivity index (χ4n) is 1.03. The zero-order valence-electron chi connectivity index (χ0n) is 9.41. The van der Waals surface area contributed by atoms with Crippen molar-refractivity contribution in [1.82, 2.24) is 9.97 Å². The summed E-state index contributed by atoms with van der Waals surface area (Å²) in [5.74, 6) is 0. The number of aromatic nitrogens is 2. The molecule has 0 aliphatic rings. The molecule has 0 saturated carbocycles. The molecule has 19 heavy (non-hydrogen) atoms. The molecule has 0 N–H and O–H groups in total. The Morgan fingerprint density at radius 1 is 0.842 bits per heavy atom. The van der Waals surface area contributed by atoms with E-state index in [1.54, 1.807) is 12.4 Å². The van der Waals surface area contributed by atoms with Gasteiger partial charge in [-0.1, -0.05) is 12.1 Å². The van der Waals surface area contributed by atoms with Crippen molar-refractivity contribution >= 4 is 10.4 Å². The smallest absolute Gasteiger partial charge is 2.00 e. The predicted molar refractivity (Wildman–Crippen MR) is 58.6 cm³/mol. The van der Waals surface area contributed by atoms with Gasteiger partial charge in [0.05, 0.1) is 11.4 Å². The van der Waals surface area contributed by atoms with Crippen LogP contribution in [0.25, 0.3) is 11.4 Å². The third kappa shape index (κ3) is 10.3. The van der Waals surface area contributed by atoms with Crippen LogP contribution in [0.2, 0.25) is 0 Å². The van der Waals surface area contributed by atoms with Crippen molar-refractivity contribution in [3.63, 3.8) is 0 Å². The molecule has 7 nitrogen and oxygen atoms in total. The molecule has 0 fully saturated rings. The Labute approximate surface area is 122 Å². The zero-order valence-corrected chi connectivity index (χ0v) is 11.6. The Balaban J connectivity index is 0. The van der Waals surface area contributed by atoms with Crippen molar-refractivity contribution in [2.24, 2.45) is 0 Å². The van der Waals surface area contributed by atoms with Gasteiger partial charge in [0.25, 0.3) is 0 Å². The summed E-state index contributed by atoms with van der Waals surface area (Å²) in [6, 6.07) is 11.6. The van der Waals surface area contributed by atoms with Crippen LogP contribution in [0.1, 0.15) is 0 Å². The van der Waals surface area contributed by atoms with E-state index < -0.39 is 10.4 Å². The topological polar surface area (TPSA) is 135 Å². The minimum absolute atomic E-state index is 0. The Kier molecular flexibility index (Phi) is 10.1. The van der Waals surface area contributed by atoms with Gasteiger partial charge in [-0.2, -0.15) is 0 Å². The maximum absolute atomic E-state index is 8.52. The molecule has 0 aliphatic carbocycles. The molecule has 2 aromatic rings. The van der Waals surface area contributed by atoms with Gasteiger partial charge in [0.15, 0.2) is 0 Å². The van der Waals surface area contributed by atoms with Gasteiger partial charge in [-0.15, -0.1) is 0 Å². The van der Waals surface area contributed by atoms with Crippen LogP contribution >= 0.6 is 0 Å². The number of nitrogens with zero attached hydrogens (tertiary/aromatic N) is 2. The van der Waals surface area contributed by atoms with Crippen LogP contribution in [0.3, 0.4) is 0 Å². The van der Waals surface area contributed by atoms with Gasteiger partial charge in [0.1, 0.15) is 0 Å². The second-order valence-corrected chi connectivity index (χ2v) is 3.65. The fraction of sp³-hybridized carbons (Fsp3) is 0. The van der Waals surface area contributed by atoms with Crippen molar-refractivity contribution in [1.29, 1.82) is 0 Å². The van der Waals surface area contributed by atoms with E-state index in [1.165, 1.54) is 0 Å². The summed E-state index contributed by atoms with van der Waals surface area (Å²) in [5.41, 5.74) is 1.83. The van der Waals surface area contributed by atoms with Crippen LogP contribution in [-0.2, 0) is 34.4 Å². The van der Waals surface area contributed by atoms with Gasteiger partial charge >= 0.3 is 18.6 Å². The average molecular weight is 319 g/mol. The third-order valence-electron chi connectivity index (χ3n) is 1.59. The van der Waals surface area contributed by atoms with Crippen molar-refractivity contribution in [3.8, 4) is 11.4 Å².